The highest BCUT2D eigenvalue weighted by molar-refractivity contribution is 7.46. The minimum Gasteiger partial charge on any atom is -0.358 e. The summed E-state index contributed by atoms with van der Waals surface area (Å²) in [6.07, 6.45) is 0. The van der Waals surface area contributed by atoms with Crippen molar-refractivity contribution in [2.75, 3.05) is 0 Å². The van der Waals surface area contributed by atoms with Gasteiger partial charge < -0.3 is 8.43 Å². The smallest absolute Gasteiger partial charge is 0.298 e. The van der Waals surface area contributed by atoms with Gasteiger partial charge in [-0.3, -0.25) is 4.57 Å². The lowest BCUT2D eigenvalue weighted by Crippen LogP contribution is -2.25. The molecule has 0 spiro atoms. The van der Waals surface area contributed by atoms with Crippen molar-refractivity contribution in [2.45, 2.75) is 13.1 Å². The van der Waals surface area contributed by atoms with Gasteiger partial charge in [0.25, 0.3) is 8.25 Å². The zero-order valence-electron chi connectivity index (χ0n) is 4.88. The van der Waals surface area contributed by atoms with Crippen LogP contribution in [0.1, 0.15) is 0 Å². The molecule has 3 nitrogen and oxygen atoms in total. The summed E-state index contributed by atoms with van der Waals surface area (Å²) in [4.78, 5) is 0. The molecule has 1 fully saturated rings. The van der Waals surface area contributed by atoms with Crippen molar-refractivity contribution in [3.8, 4) is 0 Å². The van der Waals surface area contributed by atoms with Gasteiger partial charge in [0, 0.05) is 0 Å². The second kappa shape index (κ2) is 2.45. The third-order valence-corrected chi connectivity index (χ3v) is 13.5. The summed E-state index contributed by atoms with van der Waals surface area (Å²) < 4.78 is 20.5. The van der Waals surface area contributed by atoms with Gasteiger partial charge in [-0.25, -0.2) is 0 Å². The SMILES string of the molecule is C[SiH]1O[PH](=O)O[SiH]1C. The van der Waals surface area contributed by atoms with Crippen LogP contribution < -0.4 is 0 Å². The summed E-state index contributed by atoms with van der Waals surface area (Å²) in [6.45, 7) is 4.10. The van der Waals surface area contributed by atoms with Gasteiger partial charge in [-0.05, 0) is 13.1 Å². The Bertz CT molecular complexity index is 106. The Labute approximate surface area is 52.2 Å². The molecule has 0 N–H and O–H groups in total. The van der Waals surface area contributed by atoms with Crippen LogP contribution in [0.5, 0.6) is 0 Å². The van der Waals surface area contributed by atoms with Crippen LogP contribution in [-0.4, -0.2) is 17.1 Å². The molecule has 1 heterocycles. The lowest BCUT2D eigenvalue weighted by Gasteiger charge is -1.95. The molecule has 2 unspecified atom stereocenters. The second-order valence-corrected chi connectivity index (χ2v) is 12.7. The molecule has 1 aliphatic rings. The van der Waals surface area contributed by atoms with Gasteiger partial charge in [-0.15, -0.1) is 0 Å². The predicted octanol–water partition coefficient (Wildman–Crippen LogP) is 0.208. The van der Waals surface area contributed by atoms with Gasteiger partial charge in [0.15, 0.2) is 0 Å². The molecule has 0 amide bonds. The molecule has 0 radical (unpaired) electrons. The number of hydrogen-bond donors (Lipinski definition) is 0. The molecular weight excluding hydrogens is 159 g/mol. The van der Waals surface area contributed by atoms with Gasteiger partial charge >= 0.3 is 0 Å². The lowest BCUT2D eigenvalue weighted by atomic mass is 11.9. The quantitative estimate of drug-likeness (QED) is 0.383. The molecule has 1 rings (SSSR count). The van der Waals surface area contributed by atoms with Crippen LogP contribution in [0.3, 0.4) is 0 Å². The Kier molecular flexibility index (Phi) is 2.05. The molecule has 8 heavy (non-hydrogen) atoms. The first kappa shape index (κ1) is 6.70. The third-order valence-electron chi connectivity index (χ3n) is 1.23. The molecule has 48 valence electrons. The first-order valence-corrected chi connectivity index (χ1v) is 9.72. The molecule has 6 heteroatoms. The van der Waals surface area contributed by atoms with Crippen molar-refractivity contribution in [3.05, 3.63) is 0 Å². The van der Waals surface area contributed by atoms with Gasteiger partial charge in [-0.1, -0.05) is 0 Å². The highest BCUT2D eigenvalue weighted by Gasteiger charge is 2.29. The highest BCUT2D eigenvalue weighted by Crippen LogP contribution is 2.33. The van der Waals surface area contributed by atoms with Crippen LogP contribution in [0.4, 0.5) is 0 Å². The van der Waals surface area contributed by atoms with E-state index in [4.69, 9.17) is 8.43 Å². The third kappa shape index (κ3) is 1.30. The van der Waals surface area contributed by atoms with Gasteiger partial charge in [0.2, 0.25) is 17.1 Å². The van der Waals surface area contributed by atoms with Crippen LogP contribution in [-0.2, 0) is 13.0 Å². The van der Waals surface area contributed by atoms with E-state index in [1.165, 1.54) is 0 Å². The molecule has 0 aliphatic carbocycles. The zero-order valence-corrected chi connectivity index (χ0v) is 8.19. The summed E-state index contributed by atoms with van der Waals surface area (Å²) in [7, 11) is -4.08. The molecule has 2 atom stereocenters. The highest BCUT2D eigenvalue weighted by atomic mass is 31.1. The van der Waals surface area contributed by atoms with Crippen LogP contribution in [0.2, 0.25) is 13.1 Å². The van der Waals surface area contributed by atoms with Crippen molar-refractivity contribution in [1.82, 2.24) is 0 Å². The van der Waals surface area contributed by atoms with E-state index in [2.05, 4.69) is 0 Å². The van der Waals surface area contributed by atoms with Gasteiger partial charge in [0.05, 0.1) is 0 Å². The maximum Gasteiger partial charge on any atom is 0.298 e. The standard InChI is InChI=1S/C2H9O3PSi2/c1-7-4-6(3)5-8(7)2/h6-8H,1-2H3. The summed E-state index contributed by atoms with van der Waals surface area (Å²) >= 11 is 0. The molecule has 0 aromatic heterocycles. The normalized spacial score (nSPS) is 47.5. The average molecular weight is 168 g/mol. The lowest BCUT2D eigenvalue weighted by molar-refractivity contribution is 0.454. The largest absolute Gasteiger partial charge is 0.358 e. The number of hydrogen-bond acceptors (Lipinski definition) is 3. The Hall–Kier alpha value is 0.584. The zero-order chi connectivity index (χ0) is 6.15. The van der Waals surface area contributed by atoms with Crippen molar-refractivity contribution in [1.29, 1.82) is 0 Å². The van der Waals surface area contributed by atoms with Gasteiger partial charge in [-0.2, -0.15) is 0 Å². The van der Waals surface area contributed by atoms with E-state index in [1.54, 1.807) is 0 Å². The van der Waals surface area contributed by atoms with Gasteiger partial charge in [0.1, 0.15) is 0 Å². The Morgan fingerprint density at radius 3 is 1.75 bits per heavy atom. The predicted molar refractivity (Wildman–Crippen MR) is 37.2 cm³/mol. The minimum atomic E-state index is -1.98. The maximum atomic E-state index is 10.5. The van der Waals surface area contributed by atoms with Crippen LogP contribution in [0.15, 0.2) is 0 Å². The summed E-state index contributed by atoms with van der Waals surface area (Å²) in [5, 5.41) is 0. The Morgan fingerprint density at radius 1 is 1.25 bits per heavy atom. The van der Waals surface area contributed by atoms with Crippen molar-refractivity contribution < 1.29 is 13.0 Å². The molecule has 1 saturated heterocycles. The van der Waals surface area contributed by atoms with Crippen LogP contribution in [0, 0.1) is 0 Å². The fourth-order valence-electron chi connectivity index (χ4n) is 0.523. The molecule has 0 bridgehead atoms. The van der Waals surface area contributed by atoms with E-state index < -0.39 is 25.4 Å². The molecular formula is C2H9O3PSi2. The van der Waals surface area contributed by atoms with E-state index in [0.717, 1.165) is 0 Å². The fraction of sp³-hybridized carbons (Fsp3) is 1.00. The molecule has 0 aromatic carbocycles. The molecule has 0 saturated carbocycles. The van der Waals surface area contributed by atoms with E-state index in [9.17, 15) is 4.57 Å². The summed E-state index contributed by atoms with van der Waals surface area (Å²) in [5.41, 5.74) is 0. The van der Waals surface area contributed by atoms with Crippen LogP contribution in [0.25, 0.3) is 0 Å². The first-order chi connectivity index (χ1) is 3.70. The van der Waals surface area contributed by atoms with Crippen molar-refractivity contribution in [3.63, 3.8) is 0 Å². The number of rotatable bonds is 0. The minimum absolute atomic E-state index is 1.05. The Morgan fingerprint density at radius 2 is 1.62 bits per heavy atom. The first-order valence-electron chi connectivity index (χ1n) is 2.57. The molecule has 1 aliphatic heterocycles. The maximum absolute atomic E-state index is 10.5. The summed E-state index contributed by atoms with van der Waals surface area (Å²) in [5.74, 6) is 0. The molecule has 0 aromatic rings. The topological polar surface area (TPSA) is 35.5 Å². The second-order valence-electron chi connectivity index (χ2n) is 1.90. The van der Waals surface area contributed by atoms with Crippen LogP contribution >= 0.6 is 8.25 Å². The van der Waals surface area contributed by atoms with E-state index in [0.29, 0.717) is 0 Å². The average Bonchev–Trinajstić information content (AvgIpc) is 1.85. The van der Waals surface area contributed by atoms with Crippen molar-refractivity contribution in [2.24, 2.45) is 0 Å². The van der Waals surface area contributed by atoms with Crippen molar-refractivity contribution >= 4 is 25.4 Å². The van der Waals surface area contributed by atoms with E-state index in [-0.39, 0.29) is 0 Å². The summed E-state index contributed by atoms with van der Waals surface area (Å²) in [6, 6.07) is 0. The monoisotopic (exact) mass is 168 g/mol. The Balaban J connectivity index is 2.51. The van der Waals surface area contributed by atoms with E-state index >= 15 is 0 Å². The van der Waals surface area contributed by atoms with E-state index in [1.807, 2.05) is 13.1 Å². The fourth-order valence-corrected chi connectivity index (χ4v) is 10.7.